The molecule has 2 amide bonds. The number of alkyl halides is 3. The van der Waals surface area contributed by atoms with Gasteiger partial charge in [-0.05, 0) is 77.3 Å². The zero-order valence-electron chi connectivity index (χ0n) is 20.7. The van der Waals surface area contributed by atoms with Crippen LogP contribution in [0.5, 0.6) is 5.75 Å². The molecule has 1 aliphatic carbocycles. The highest BCUT2D eigenvalue weighted by Crippen LogP contribution is 2.45. The van der Waals surface area contributed by atoms with E-state index in [0.29, 0.717) is 44.7 Å². The molecule has 196 valence electrons. The Morgan fingerprint density at radius 2 is 1.80 bits per heavy atom. The Balaban J connectivity index is 1.59. The van der Waals surface area contributed by atoms with Gasteiger partial charge in [-0.15, -0.1) is 0 Å². The van der Waals surface area contributed by atoms with Crippen molar-refractivity contribution >= 4 is 12.0 Å². The van der Waals surface area contributed by atoms with Crippen molar-refractivity contribution in [2.24, 2.45) is 5.92 Å². The lowest BCUT2D eigenvalue weighted by Gasteiger charge is -2.34. The summed E-state index contributed by atoms with van der Waals surface area (Å²) in [7, 11) is 1.29. The Morgan fingerprint density at radius 3 is 2.31 bits per heavy atom. The van der Waals surface area contributed by atoms with E-state index >= 15 is 0 Å². The summed E-state index contributed by atoms with van der Waals surface area (Å²) < 4.78 is 52.2. The van der Waals surface area contributed by atoms with E-state index < -0.39 is 34.4 Å². The van der Waals surface area contributed by atoms with Gasteiger partial charge in [0.15, 0.2) is 0 Å². The Hall–Kier alpha value is -2.49. The average Bonchev–Trinajstić information content (AvgIpc) is 3.55. The molecule has 1 atom stereocenters. The van der Waals surface area contributed by atoms with Gasteiger partial charge in [-0.1, -0.05) is 12.1 Å². The maximum atomic E-state index is 14.0. The second-order valence-electron chi connectivity index (χ2n) is 10.6. The summed E-state index contributed by atoms with van der Waals surface area (Å²) in [6.45, 7) is 6.56. The topological polar surface area (TPSA) is 88.1 Å². The lowest BCUT2D eigenvalue weighted by Crippen LogP contribution is -2.57. The van der Waals surface area contributed by atoms with Crippen LogP contribution in [0.1, 0.15) is 64.9 Å². The largest absolute Gasteiger partial charge is 0.497 e. The molecule has 0 bridgehead atoms. The van der Waals surface area contributed by atoms with Crippen LogP contribution < -0.4 is 10.1 Å². The zero-order valence-corrected chi connectivity index (χ0v) is 20.7. The number of halogens is 3. The third-order valence-corrected chi connectivity index (χ3v) is 6.76. The molecule has 2 N–H and O–H groups in total. The van der Waals surface area contributed by atoms with Crippen molar-refractivity contribution in [3.05, 3.63) is 29.8 Å². The molecular formula is C25H35F3N2O5. The predicted molar refractivity (Wildman–Crippen MR) is 123 cm³/mol. The van der Waals surface area contributed by atoms with Crippen LogP contribution >= 0.6 is 0 Å². The number of carbonyl (C=O) groups is 2. The van der Waals surface area contributed by atoms with E-state index in [9.17, 15) is 27.9 Å². The van der Waals surface area contributed by atoms with Crippen molar-refractivity contribution in [1.82, 2.24) is 10.2 Å². The molecule has 1 saturated heterocycles. The Kier molecular flexibility index (Phi) is 7.64. The van der Waals surface area contributed by atoms with Gasteiger partial charge in [0.05, 0.1) is 7.11 Å². The normalized spacial score (nSPS) is 20.1. The summed E-state index contributed by atoms with van der Waals surface area (Å²) >= 11 is 0. The number of nitrogens with one attached hydrogen (secondary N) is 1. The third kappa shape index (κ3) is 6.39. The van der Waals surface area contributed by atoms with Crippen LogP contribution in [0.4, 0.5) is 18.0 Å². The lowest BCUT2D eigenvalue weighted by molar-refractivity contribution is -0.257. The van der Waals surface area contributed by atoms with E-state index in [1.807, 2.05) is 20.8 Å². The molecule has 2 aliphatic rings. The Morgan fingerprint density at radius 1 is 1.17 bits per heavy atom. The first-order valence-electron chi connectivity index (χ1n) is 11.9. The molecule has 3 rings (SSSR count). The third-order valence-electron chi connectivity index (χ3n) is 6.76. The summed E-state index contributed by atoms with van der Waals surface area (Å²) in [5.41, 5.74) is -5.59. The van der Waals surface area contributed by atoms with Gasteiger partial charge in [0.2, 0.25) is 0 Å². The van der Waals surface area contributed by atoms with Crippen molar-refractivity contribution in [1.29, 1.82) is 0 Å². The fourth-order valence-corrected chi connectivity index (χ4v) is 4.40. The first-order chi connectivity index (χ1) is 16.2. The number of ether oxygens (including phenoxy) is 2. The number of piperidine rings is 1. The number of nitrogens with zero attached hydrogens (tertiary/aromatic N) is 1. The van der Waals surface area contributed by atoms with Gasteiger partial charge in [-0.2, -0.15) is 13.2 Å². The molecular weight excluding hydrogens is 465 g/mol. The molecule has 1 aromatic rings. The van der Waals surface area contributed by atoms with Crippen LogP contribution in [0.25, 0.3) is 0 Å². The van der Waals surface area contributed by atoms with Crippen LogP contribution in [-0.2, 0) is 15.1 Å². The number of amides is 2. The molecule has 35 heavy (non-hydrogen) atoms. The average molecular weight is 501 g/mol. The fraction of sp³-hybridized carbons (Fsp3) is 0.680. The molecule has 0 radical (unpaired) electrons. The van der Waals surface area contributed by atoms with Gasteiger partial charge >= 0.3 is 12.3 Å². The molecule has 1 saturated carbocycles. The minimum atomic E-state index is -5.21. The Bertz CT molecular complexity index is 918. The summed E-state index contributed by atoms with van der Waals surface area (Å²) in [5, 5.41) is 13.1. The highest BCUT2D eigenvalue weighted by atomic mass is 19.4. The number of methoxy groups -OCH3 is 1. The van der Waals surface area contributed by atoms with E-state index in [1.165, 1.54) is 19.2 Å². The number of benzene rings is 1. The van der Waals surface area contributed by atoms with Crippen molar-refractivity contribution in [2.45, 2.75) is 82.2 Å². The van der Waals surface area contributed by atoms with Gasteiger partial charge < -0.3 is 24.8 Å². The van der Waals surface area contributed by atoms with Gasteiger partial charge in [0, 0.05) is 24.2 Å². The molecule has 1 unspecified atom stereocenters. The molecule has 10 heteroatoms. The Labute approximate surface area is 204 Å². The summed E-state index contributed by atoms with van der Waals surface area (Å²) in [6, 6.07) is 4.82. The van der Waals surface area contributed by atoms with Gasteiger partial charge in [-0.25, -0.2) is 4.79 Å². The number of carbonyl (C=O) groups excluding carboxylic acids is 2. The number of aliphatic hydroxyl groups is 1. The highest BCUT2D eigenvalue weighted by Gasteiger charge is 2.62. The van der Waals surface area contributed by atoms with Crippen molar-refractivity contribution < 1.29 is 37.3 Å². The molecule has 0 spiro atoms. The lowest BCUT2D eigenvalue weighted by atomic mass is 9.88. The van der Waals surface area contributed by atoms with Crippen molar-refractivity contribution in [3.63, 3.8) is 0 Å². The van der Waals surface area contributed by atoms with Crippen LogP contribution in [-0.4, -0.2) is 59.5 Å². The maximum absolute atomic E-state index is 14.0. The standard InChI is InChI=1S/C25H35F3N2O5/c1-22(2,3)35-21(32)30-14-9-17(10-15-30)8-11-23(12-13-23)29-20(31)24(33,25(26,27)28)18-6-5-7-19(16-18)34-4/h5-7,16-17,33H,8-15H2,1-4H3,(H,29,31). The molecule has 0 aromatic heterocycles. The second-order valence-corrected chi connectivity index (χ2v) is 10.6. The molecule has 1 aliphatic heterocycles. The molecule has 2 fully saturated rings. The van der Waals surface area contributed by atoms with Crippen LogP contribution in [0, 0.1) is 5.92 Å². The van der Waals surface area contributed by atoms with E-state index in [2.05, 4.69) is 5.32 Å². The molecule has 1 aromatic carbocycles. The number of likely N-dealkylation sites (tertiary alicyclic amines) is 1. The summed E-state index contributed by atoms with van der Waals surface area (Å²) in [4.78, 5) is 26.8. The minimum Gasteiger partial charge on any atom is -0.497 e. The molecule has 7 nitrogen and oxygen atoms in total. The zero-order chi connectivity index (χ0) is 26.1. The minimum absolute atomic E-state index is 0.108. The van der Waals surface area contributed by atoms with E-state index in [-0.39, 0.29) is 11.8 Å². The van der Waals surface area contributed by atoms with Crippen LogP contribution in [0.15, 0.2) is 24.3 Å². The van der Waals surface area contributed by atoms with E-state index in [1.54, 1.807) is 4.90 Å². The summed E-state index contributed by atoms with van der Waals surface area (Å²) in [5.74, 6) is -1.07. The van der Waals surface area contributed by atoms with Gasteiger partial charge in [0.25, 0.3) is 11.5 Å². The number of hydrogen-bond donors (Lipinski definition) is 2. The van der Waals surface area contributed by atoms with Crippen molar-refractivity contribution in [3.8, 4) is 5.75 Å². The number of hydrogen-bond acceptors (Lipinski definition) is 5. The van der Waals surface area contributed by atoms with Crippen molar-refractivity contribution in [2.75, 3.05) is 20.2 Å². The number of rotatable bonds is 7. The SMILES string of the molecule is COc1cccc(C(O)(C(=O)NC2(CCC3CCN(C(=O)OC(C)(C)C)CC3)CC2)C(F)(F)F)c1. The second kappa shape index (κ2) is 9.87. The van der Waals surface area contributed by atoms with Gasteiger partial charge in [0.1, 0.15) is 11.4 Å². The smallest absolute Gasteiger partial charge is 0.430 e. The van der Waals surface area contributed by atoms with Crippen LogP contribution in [0.3, 0.4) is 0 Å². The van der Waals surface area contributed by atoms with Gasteiger partial charge in [-0.3, -0.25) is 4.79 Å². The van der Waals surface area contributed by atoms with Crippen LogP contribution in [0.2, 0.25) is 0 Å². The van der Waals surface area contributed by atoms with E-state index in [4.69, 9.17) is 9.47 Å². The first kappa shape index (κ1) is 27.1. The quantitative estimate of drug-likeness (QED) is 0.575. The monoisotopic (exact) mass is 500 g/mol. The maximum Gasteiger partial charge on any atom is 0.430 e. The first-order valence-corrected chi connectivity index (χ1v) is 11.9. The summed E-state index contributed by atoms with van der Waals surface area (Å²) in [6.07, 6.45) is -1.68. The fourth-order valence-electron chi connectivity index (χ4n) is 4.40. The predicted octanol–water partition coefficient (Wildman–Crippen LogP) is 4.52. The highest BCUT2D eigenvalue weighted by molar-refractivity contribution is 5.88. The molecule has 1 heterocycles. The van der Waals surface area contributed by atoms with E-state index in [0.717, 1.165) is 25.0 Å².